The molecule has 17 heavy (non-hydrogen) atoms. The Morgan fingerprint density at radius 2 is 1.71 bits per heavy atom. The van der Waals surface area contributed by atoms with Crippen molar-refractivity contribution >= 4 is 0 Å². The first kappa shape index (κ1) is 12.8. The molecule has 1 N–H and O–H groups in total. The van der Waals surface area contributed by atoms with Crippen LogP contribution in [-0.4, -0.2) is 24.3 Å². The zero-order valence-corrected chi connectivity index (χ0v) is 9.83. The first-order valence-electron chi connectivity index (χ1n) is 5.04. The summed E-state index contributed by atoms with van der Waals surface area (Å²) in [5.41, 5.74) is 0. The third kappa shape index (κ3) is 4.88. The molecule has 0 amide bonds. The lowest BCUT2D eigenvalue weighted by Gasteiger charge is -2.00. The van der Waals surface area contributed by atoms with Gasteiger partial charge < -0.3 is 14.6 Å². The number of aromatic hydroxyl groups is 1. The van der Waals surface area contributed by atoms with Gasteiger partial charge in [-0.2, -0.15) is 0 Å². The molecule has 0 saturated carbocycles. The first-order valence-corrected chi connectivity index (χ1v) is 5.04. The molecule has 2 rings (SSSR count). The van der Waals surface area contributed by atoms with Crippen molar-refractivity contribution in [2.75, 3.05) is 14.2 Å². The Morgan fingerprint density at radius 1 is 1.00 bits per heavy atom. The predicted octanol–water partition coefficient (Wildman–Crippen LogP) is 2.49. The summed E-state index contributed by atoms with van der Waals surface area (Å²) in [6, 6.07) is 12.2. The SMILES string of the molecule is COc1ccnc(OC)c1.Oc1ccccc1. The van der Waals surface area contributed by atoms with Gasteiger partial charge in [0.2, 0.25) is 5.88 Å². The van der Waals surface area contributed by atoms with Gasteiger partial charge in [0, 0.05) is 12.3 Å². The van der Waals surface area contributed by atoms with E-state index in [1.54, 1.807) is 56.8 Å². The van der Waals surface area contributed by atoms with Gasteiger partial charge in [0.05, 0.1) is 14.2 Å². The zero-order valence-electron chi connectivity index (χ0n) is 9.83. The number of aromatic nitrogens is 1. The predicted molar refractivity (Wildman–Crippen MR) is 65.4 cm³/mol. The van der Waals surface area contributed by atoms with Crippen molar-refractivity contribution in [3.05, 3.63) is 48.7 Å². The Balaban J connectivity index is 0.000000181. The number of para-hydroxylation sites is 1. The molecule has 0 saturated heterocycles. The smallest absolute Gasteiger partial charge is 0.216 e. The molecule has 0 spiro atoms. The second kappa shape index (κ2) is 7.11. The molecular formula is C13H15NO3. The lowest BCUT2D eigenvalue weighted by molar-refractivity contribution is 0.382. The van der Waals surface area contributed by atoms with E-state index in [1.807, 2.05) is 6.07 Å². The van der Waals surface area contributed by atoms with Gasteiger partial charge >= 0.3 is 0 Å². The molecular weight excluding hydrogens is 218 g/mol. The van der Waals surface area contributed by atoms with Gasteiger partial charge in [0.15, 0.2) is 0 Å². The minimum Gasteiger partial charge on any atom is -0.508 e. The van der Waals surface area contributed by atoms with Crippen LogP contribution in [0.4, 0.5) is 0 Å². The number of phenols is 1. The van der Waals surface area contributed by atoms with E-state index in [9.17, 15) is 0 Å². The fourth-order valence-electron chi connectivity index (χ4n) is 1.06. The van der Waals surface area contributed by atoms with Gasteiger partial charge in [0.25, 0.3) is 0 Å². The molecule has 0 fully saturated rings. The van der Waals surface area contributed by atoms with Gasteiger partial charge in [-0.1, -0.05) is 18.2 Å². The minimum atomic E-state index is 0.322. The van der Waals surface area contributed by atoms with Crippen molar-refractivity contribution in [2.24, 2.45) is 0 Å². The van der Waals surface area contributed by atoms with Crippen LogP contribution in [0.3, 0.4) is 0 Å². The van der Waals surface area contributed by atoms with E-state index in [0.29, 0.717) is 11.6 Å². The molecule has 1 aromatic carbocycles. The monoisotopic (exact) mass is 233 g/mol. The largest absolute Gasteiger partial charge is 0.508 e. The van der Waals surface area contributed by atoms with Crippen molar-refractivity contribution in [1.29, 1.82) is 0 Å². The van der Waals surface area contributed by atoms with E-state index >= 15 is 0 Å². The molecule has 0 aliphatic carbocycles. The molecule has 0 aliphatic rings. The molecule has 1 heterocycles. The van der Waals surface area contributed by atoms with Crippen LogP contribution in [0.15, 0.2) is 48.7 Å². The Bertz CT molecular complexity index is 412. The highest BCUT2D eigenvalue weighted by Crippen LogP contribution is 2.14. The summed E-state index contributed by atoms with van der Waals surface area (Å²) in [5.74, 6) is 1.65. The van der Waals surface area contributed by atoms with Crippen molar-refractivity contribution < 1.29 is 14.6 Å². The third-order valence-electron chi connectivity index (χ3n) is 1.91. The number of methoxy groups -OCH3 is 2. The normalized spacial score (nSPS) is 8.82. The van der Waals surface area contributed by atoms with Crippen LogP contribution < -0.4 is 9.47 Å². The van der Waals surface area contributed by atoms with Gasteiger partial charge in [0.1, 0.15) is 11.5 Å². The van der Waals surface area contributed by atoms with Crippen LogP contribution in [0.5, 0.6) is 17.4 Å². The number of phenolic OH excluding ortho intramolecular Hbond substituents is 1. The second-order valence-corrected chi connectivity index (χ2v) is 3.07. The van der Waals surface area contributed by atoms with Gasteiger partial charge in [-0.15, -0.1) is 0 Å². The maximum Gasteiger partial charge on any atom is 0.216 e. The Morgan fingerprint density at radius 3 is 2.18 bits per heavy atom. The van der Waals surface area contributed by atoms with Crippen LogP contribution >= 0.6 is 0 Å². The number of nitrogens with zero attached hydrogens (tertiary/aromatic N) is 1. The summed E-state index contributed by atoms with van der Waals surface area (Å²) in [6.07, 6.45) is 1.64. The minimum absolute atomic E-state index is 0.322. The third-order valence-corrected chi connectivity index (χ3v) is 1.91. The maximum absolute atomic E-state index is 8.63. The molecule has 90 valence electrons. The van der Waals surface area contributed by atoms with E-state index in [2.05, 4.69) is 4.98 Å². The summed E-state index contributed by atoms with van der Waals surface area (Å²) >= 11 is 0. The van der Waals surface area contributed by atoms with Crippen LogP contribution in [0, 0.1) is 0 Å². The lowest BCUT2D eigenvalue weighted by atomic mass is 10.3. The standard InChI is InChI=1S/C7H9NO2.C6H6O/c1-9-6-3-4-8-7(5-6)10-2;7-6-4-2-1-3-5-6/h3-5H,1-2H3;1-5,7H. The number of rotatable bonds is 2. The fraction of sp³-hybridized carbons (Fsp3) is 0.154. The molecule has 4 nitrogen and oxygen atoms in total. The highest BCUT2D eigenvalue weighted by atomic mass is 16.5. The van der Waals surface area contributed by atoms with Crippen molar-refractivity contribution in [2.45, 2.75) is 0 Å². The summed E-state index contributed by atoms with van der Waals surface area (Å²) in [6.45, 7) is 0. The Labute approximate surface area is 100 Å². The number of ether oxygens (including phenoxy) is 2. The lowest BCUT2D eigenvalue weighted by Crippen LogP contribution is -1.88. The van der Waals surface area contributed by atoms with Crippen molar-refractivity contribution in [1.82, 2.24) is 4.98 Å². The average molecular weight is 233 g/mol. The number of benzene rings is 1. The summed E-state index contributed by atoms with van der Waals surface area (Å²) < 4.78 is 9.80. The molecule has 2 aromatic rings. The van der Waals surface area contributed by atoms with Gasteiger partial charge in [-0.3, -0.25) is 0 Å². The summed E-state index contributed by atoms with van der Waals surface area (Å²) in [4.78, 5) is 3.90. The van der Waals surface area contributed by atoms with E-state index in [1.165, 1.54) is 0 Å². The van der Waals surface area contributed by atoms with Gasteiger partial charge in [-0.05, 0) is 18.2 Å². The molecule has 4 heteroatoms. The molecule has 0 aliphatic heterocycles. The van der Waals surface area contributed by atoms with E-state index < -0.39 is 0 Å². The summed E-state index contributed by atoms with van der Waals surface area (Å²) in [5, 5.41) is 8.63. The maximum atomic E-state index is 8.63. The Hall–Kier alpha value is -2.23. The topological polar surface area (TPSA) is 51.6 Å². The van der Waals surface area contributed by atoms with E-state index in [-0.39, 0.29) is 0 Å². The molecule has 0 radical (unpaired) electrons. The fourth-order valence-corrected chi connectivity index (χ4v) is 1.06. The van der Waals surface area contributed by atoms with Crippen molar-refractivity contribution in [3.8, 4) is 17.4 Å². The quantitative estimate of drug-likeness (QED) is 0.865. The number of hydrogen-bond acceptors (Lipinski definition) is 4. The zero-order chi connectivity index (χ0) is 12.5. The molecule has 0 unspecified atom stereocenters. The van der Waals surface area contributed by atoms with Crippen LogP contribution in [-0.2, 0) is 0 Å². The molecule has 0 bridgehead atoms. The first-order chi connectivity index (χ1) is 8.26. The highest BCUT2D eigenvalue weighted by molar-refractivity contribution is 5.25. The van der Waals surface area contributed by atoms with Gasteiger partial charge in [-0.25, -0.2) is 4.98 Å². The second-order valence-electron chi connectivity index (χ2n) is 3.07. The number of pyridine rings is 1. The van der Waals surface area contributed by atoms with E-state index in [4.69, 9.17) is 14.6 Å². The van der Waals surface area contributed by atoms with Crippen LogP contribution in [0.1, 0.15) is 0 Å². The summed E-state index contributed by atoms with van der Waals surface area (Å²) in [7, 11) is 3.18. The average Bonchev–Trinajstić information content (AvgIpc) is 2.40. The molecule has 1 aromatic heterocycles. The number of hydrogen-bond donors (Lipinski definition) is 1. The van der Waals surface area contributed by atoms with Crippen LogP contribution in [0.2, 0.25) is 0 Å². The van der Waals surface area contributed by atoms with Crippen LogP contribution in [0.25, 0.3) is 0 Å². The van der Waals surface area contributed by atoms with Crippen molar-refractivity contribution in [3.63, 3.8) is 0 Å². The highest BCUT2D eigenvalue weighted by Gasteiger charge is 1.93. The van der Waals surface area contributed by atoms with E-state index in [0.717, 1.165) is 5.75 Å². The Kier molecular flexibility index (Phi) is 5.37. The molecule has 0 atom stereocenters.